The molecule has 4 aromatic rings. The molecule has 0 saturated heterocycles. The Bertz CT molecular complexity index is 2010. The number of hydrogen-bond donors (Lipinski definition) is 1. The van der Waals surface area contributed by atoms with Gasteiger partial charge in [0.2, 0.25) is 5.75 Å². The highest BCUT2D eigenvalue weighted by atomic mass is 32.1. The van der Waals surface area contributed by atoms with E-state index in [1.807, 2.05) is 30.6 Å². The molecule has 1 aliphatic rings. The fourth-order valence-corrected chi connectivity index (χ4v) is 6.63. The Morgan fingerprint density at radius 2 is 1.64 bits per heavy atom. The Hall–Kier alpha value is -5.10. The third-order valence-electron chi connectivity index (χ3n) is 7.65. The Kier molecular flexibility index (Phi) is 8.69. The van der Waals surface area contributed by atoms with Gasteiger partial charge in [0.25, 0.3) is 5.56 Å². The van der Waals surface area contributed by atoms with Crippen LogP contribution in [0.25, 0.3) is 11.8 Å². The summed E-state index contributed by atoms with van der Waals surface area (Å²) < 4.78 is 26.0. The van der Waals surface area contributed by atoms with Crippen LogP contribution in [0, 0.1) is 13.8 Å². The third-order valence-corrected chi connectivity index (χ3v) is 8.63. The number of aryl methyl sites for hydroxylation is 1. The minimum absolute atomic E-state index is 0.149. The van der Waals surface area contributed by atoms with Gasteiger partial charge in [0.05, 0.1) is 55.3 Å². The molecule has 0 saturated carbocycles. The minimum atomic E-state index is -0.996. The van der Waals surface area contributed by atoms with E-state index < -0.39 is 18.0 Å². The molecule has 2 aromatic heterocycles. The zero-order valence-electron chi connectivity index (χ0n) is 26.0. The highest BCUT2D eigenvalue weighted by molar-refractivity contribution is 7.07. The van der Waals surface area contributed by atoms with E-state index in [1.54, 1.807) is 50.2 Å². The molecule has 0 fully saturated rings. The largest absolute Gasteiger partial charge is 0.493 e. The van der Waals surface area contributed by atoms with Gasteiger partial charge in [-0.05, 0) is 87.4 Å². The number of rotatable bonds is 9. The fraction of sp³-hybridized carbons (Fsp3) is 0.273. The van der Waals surface area contributed by atoms with Crippen molar-refractivity contribution in [2.45, 2.75) is 33.7 Å². The number of aromatic nitrogens is 2. The maximum atomic E-state index is 14.2. The lowest BCUT2D eigenvalue weighted by Gasteiger charge is -2.26. The lowest BCUT2D eigenvalue weighted by atomic mass is 9.95. The van der Waals surface area contributed by atoms with E-state index in [2.05, 4.69) is 4.99 Å². The Morgan fingerprint density at radius 3 is 2.20 bits per heavy atom. The highest BCUT2D eigenvalue weighted by Gasteiger charge is 2.34. The number of benzene rings is 2. The number of thiazole rings is 1. The van der Waals surface area contributed by atoms with E-state index in [1.165, 1.54) is 37.2 Å². The van der Waals surface area contributed by atoms with Crippen molar-refractivity contribution in [2.24, 2.45) is 4.99 Å². The number of esters is 1. The summed E-state index contributed by atoms with van der Waals surface area (Å²) >= 11 is 1.22. The number of nitrogens with zero attached hydrogens (tertiary/aromatic N) is 3. The van der Waals surface area contributed by atoms with Gasteiger partial charge < -0.3 is 28.6 Å². The van der Waals surface area contributed by atoms with Gasteiger partial charge in [-0.15, -0.1) is 0 Å². The van der Waals surface area contributed by atoms with Crippen molar-refractivity contribution in [2.75, 3.05) is 27.9 Å². The first-order valence-corrected chi connectivity index (χ1v) is 14.9. The molecule has 0 unspecified atom stereocenters. The average molecular weight is 632 g/mol. The van der Waals surface area contributed by atoms with Crippen molar-refractivity contribution in [1.29, 1.82) is 0 Å². The number of ether oxygens (including phenoxy) is 4. The van der Waals surface area contributed by atoms with E-state index >= 15 is 0 Å². The summed E-state index contributed by atoms with van der Waals surface area (Å²) in [5, 5.41) is 9.28. The number of hydrogen-bond acceptors (Lipinski definition) is 9. The molecule has 11 nitrogen and oxygen atoms in total. The molecule has 1 aliphatic heterocycles. The van der Waals surface area contributed by atoms with E-state index in [0.29, 0.717) is 37.8 Å². The van der Waals surface area contributed by atoms with E-state index in [-0.39, 0.29) is 23.3 Å². The first-order valence-electron chi connectivity index (χ1n) is 14.1. The van der Waals surface area contributed by atoms with Crippen LogP contribution in [0.4, 0.5) is 0 Å². The van der Waals surface area contributed by atoms with Gasteiger partial charge in [0, 0.05) is 17.1 Å². The molecule has 3 heterocycles. The van der Waals surface area contributed by atoms with E-state index in [9.17, 15) is 19.5 Å². The molecular formula is C33H33N3O8S. The number of allylic oxidation sites excluding steroid dienone is 1. The normalized spacial score (nSPS) is 14.6. The van der Waals surface area contributed by atoms with Crippen LogP contribution in [-0.4, -0.2) is 54.1 Å². The molecule has 0 radical (unpaired) electrons. The quantitative estimate of drug-likeness (QED) is 0.275. The number of carboxylic acid groups (broad SMARTS) is 1. The Labute approximate surface area is 262 Å². The van der Waals surface area contributed by atoms with Crippen LogP contribution < -0.4 is 29.1 Å². The molecule has 234 valence electrons. The van der Waals surface area contributed by atoms with Crippen molar-refractivity contribution in [3.05, 3.63) is 102 Å². The predicted molar refractivity (Wildman–Crippen MR) is 169 cm³/mol. The number of carbonyl (C=O) groups is 2. The summed E-state index contributed by atoms with van der Waals surface area (Å²) in [6.07, 6.45) is 1.81. The monoisotopic (exact) mass is 631 g/mol. The van der Waals surface area contributed by atoms with Crippen molar-refractivity contribution in [3.8, 4) is 22.9 Å². The molecule has 45 heavy (non-hydrogen) atoms. The summed E-state index contributed by atoms with van der Waals surface area (Å²) in [5.74, 6) is -0.456. The number of carboxylic acids is 1. The maximum Gasteiger partial charge on any atom is 0.338 e. The van der Waals surface area contributed by atoms with Gasteiger partial charge in [-0.3, -0.25) is 9.36 Å². The maximum absolute atomic E-state index is 14.2. The molecule has 0 bridgehead atoms. The van der Waals surface area contributed by atoms with Crippen molar-refractivity contribution in [1.82, 2.24) is 9.13 Å². The fourth-order valence-electron chi connectivity index (χ4n) is 5.59. The number of fused-ring (bicyclic) bond motifs is 1. The van der Waals surface area contributed by atoms with Crippen molar-refractivity contribution < 1.29 is 33.6 Å². The summed E-state index contributed by atoms with van der Waals surface area (Å²) in [4.78, 5) is 44.0. The molecule has 12 heteroatoms. The summed E-state index contributed by atoms with van der Waals surface area (Å²) in [6, 6.07) is 11.1. The van der Waals surface area contributed by atoms with Crippen LogP contribution in [0.15, 0.2) is 63.5 Å². The lowest BCUT2D eigenvalue weighted by Crippen LogP contribution is -2.40. The molecular weight excluding hydrogens is 598 g/mol. The van der Waals surface area contributed by atoms with E-state index in [4.69, 9.17) is 18.9 Å². The number of aromatic carboxylic acids is 1. The van der Waals surface area contributed by atoms with Gasteiger partial charge in [0.15, 0.2) is 16.3 Å². The van der Waals surface area contributed by atoms with E-state index in [0.717, 1.165) is 22.6 Å². The second kappa shape index (κ2) is 12.5. The third kappa shape index (κ3) is 5.53. The summed E-state index contributed by atoms with van der Waals surface area (Å²) in [5.41, 5.74) is 4.47. The minimum Gasteiger partial charge on any atom is -0.493 e. The SMILES string of the molecule is CCOC(=O)C1=C(C)N=c2s/c(=C\c3cc(C)n(-c4ccc(C(=O)O)cc4)c3C)c(=O)n2[C@@H]1c1cc(OC)c(OC)c(OC)c1. The summed E-state index contributed by atoms with van der Waals surface area (Å²) in [6.45, 7) is 7.46. The van der Waals surface area contributed by atoms with Crippen LogP contribution >= 0.6 is 11.3 Å². The van der Waals surface area contributed by atoms with Gasteiger partial charge in [0.1, 0.15) is 0 Å². The summed E-state index contributed by atoms with van der Waals surface area (Å²) in [7, 11) is 4.49. The van der Waals surface area contributed by atoms with Gasteiger partial charge in [-0.1, -0.05) is 11.3 Å². The van der Waals surface area contributed by atoms with Crippen LogP contribution in [0.3, 0.4) is 0 Å². The number of carbonyl (C=O) groups excluding carboxylic acids is 1. The standard InChI is InChI=1S/C33H33N3O8S/c1-8-44-32(40)27-18(3)34-33-36(28(27)22-14-24(41-5)29(43-7)25(15-22)42-6)30(37)26(45-33)16-21-13-17(2)35(19(21)4)23-11-9-20(10-12-23)31(38)39/h9-16,28H,8H2,1-7H3,(H,38,39)/b26-16-/t28-/m1/s1. The molecule has 5 rings (SSSR count). The molecule has 0 aliphatic carbocycles. The number of methoxy groups -OCH3 is 3. The van der Waals surface area contributed by atoms with Crippen molar-refractivity contribution in [3.63, 3.8) is 0 Å². The van der Waals surface area contributed by atoms with Crippen LogP contribution in [0.2, 0.25) is 0 Å². The van der Waals surface area contributed by atoms with Gasteiger partial charge >= 0.3 is 11.9 Å². The topological polar surface area (TPSA) is 131 Å². The Balaban J connectivity index is 1.71. The molecule has 0 spiro atoms. The second-order valence-electron chi connectivity index (χ2n) is 10.3. The predicted octanol–water partition coefficient (Wildman–Crippen LogP) is 3.93. The molecule has 0 amide bonds. The van der Waals surface area contributed by atoms with Crippen LogP contribution in [-0.2, 0) is 9.53 Å². The van der Waals surface area contributed by atoms with Gasteiger partial charge in [-0.2, -0.15) is 0 Å². The van der Waals surface area contributed by atoms with Crippen LogP contribution in [0.5, 0.6) is 17.2 Å². The van der Waals surface area contributed by atoms with Crippen LogP contribution in [0.1, 0.15) is 52.8 Å². The zero-order chi connectivity index (χ0) is 32.6. The lowest BCUT2D eigenvalue weighted by molar-refractivity contribution is -0.139. The molecule has 1 N–H and O–H groups in total. The Morgan fingerprint density at radius 1 is 1.00 bits per heavy atom. The van der Waals surface area contributed by atoms with Crippen molar-refractivity contribution >= 4 is 29.4 Å². The first kappa shape index (κ1) is 31.3. The molecule has 2 aromatic carbocycles. The average Bonchev–Trinajstić information content (AvgIpc) is 3.48. The smallest absolute Gasteiger partial charge is 0.338 e. The van der Waals surface area contributed by atoms with Gasteiger partial charge in [-0.25, -0.2) is 14.6 Å². The highest BCUT2D eigenvalue weighted by Crippen LogP contribution is 2.42. The first-order chi connectivity index (χ1) is 21.5. The zero-order valence-corrected chi connectivity index (χ0v) is 26.8. The second-order valence-corrected chi connectivity index (χ2v) is 11.3. The molecule has 1 atom stereocenters.